The highest BCUT2D eigenvalue weighted by Gasteiger charge is 2.21. The van der Waals surface area contributed by atoms with Gasteiger partial charge < -0.3 is 8.83 Å². The minimum atomic E-state index is 0.871. The molecule has 2 heterocycles. The Morgan fingerprint density at radius 2 is 0.925 bits per heavy atom. The van der Waals surface area contributed by atoms with E-state index in [4.69, 9.17) is 8.83 Å². The molecular formula is C38H22O2. The number of rotatable bonds is 2. The number of para-hydroxylation sites is 1. The third-order valence-corrected chi connectivity index (χ3v) is 8.35. The van der Waals surface area contributed by atoms with E-state index in [1.54, 1.807) is 6.26 Å². The summed E-state index contributed by atoms with van der Waals surface area (Å²) in [6.45, 7) is 0. The van der Waals surface area contributed by atoms with Crippen molar-refractivity contribution in [2.45, 2.75) is 0 Å². The van der Waals surface area contributed by atoms with Gasteiger partial charge in [-0.3, -0.25) is 0 Å². The molecular weight excluding hydrogens is 488 g/mol. The van der Waals surface area contributed by atoms with Crippen LogP contribution in [0.15, 0.2) is 142 Å². The summed E-state index contributed by atoms with van der Waals surface area (Å²) >= 11 is 0. The molecule has 186 valence electrons. The van der Waals surface area contributed by atoms with E-state index in [1.165, 1.54) is 49.0 Å². The van der Waals surface area contributed by atoms with E-state index in [0.29, 0.717) is 0 Å². The Bertz CT molecular complexity index is 2370. The van der Waals surface area contributed by atoms with E-state index in [-0.39, 0.29) is 0 Å². The highest BCUT2D eigenvalue weighted by molar-refractivity contribution is 6.27. The van der Waals surface area contributed by atoms with Crippen LogP contribution in [0.2, 0.25) is 0 Å². The summed E-state index contributed by atoms with van der Waals surface area (Å²) in [6.07, 6.45) is 1.75. The molecule has 9 aromatic rings. The van der Waals surface area contributed by atoms with Gasteiger partial charge in [-0.05, 0) is 61.6 Å². The summed E-state index contributed by atoms with van der Waals surface area (Å²) < 4.78 is 12.4. The quantitative estimate of drug-likeness (QED) is 0.216. The summed E-state index contributed by atoms with van der Waals surface area (Å²) in [5, 5.41) is 10.7. The smallest absolute Gasteiger partial charge is 0.143 e. The molecule has 0 unspecified atom stereocenters. The molecule has 0 N–H and O–H groups in total. The second-order valence-corrected chi connectivity index (χ2v) is 10.4. The molecule has 0 aliphatic carbocycles. The summed E-state index contributed by atoms with van der Waals surface area (Å²) in [5.74, 6) is 0. The summed E-state index contributed by atoms with van der Waals surface area (Å²) in [4.78, 5) is 0. The molecule has 0 fully saturated rings. The van der Waals surface area contributed by atoms with Gasteiger partial charge >= 0.3 is 0 Å². The van der Waals surface area contributed by atoms with Crippen LogP contribution < -0.4 is 0 Å². The van der Waals surface area contributed by atoms with Crippen molar-refractivity contribution in [3.8, 4) is 22.3 Å². The first kappa shape index (κ1) is 21.6. The van der Waals surface area contributed by atoms with E-state index in [0.717, 1.165) is 38.5 Å². The monoisotopic (exact) mass is 510 g/mol. The molecule has 9 rings (SSSR count). The molecule has 0 aliphatic rings. The van der Waals surface area contributed by atoms with Crippen molar-refractivity contribution in [1.29, 1.82) is 0 Å². The minimum absolute atomic E-state index is 0.871. The highest BCUT2D eigenvalue weighted by Crippen LogP contribution is 2.48. The lowest BCUT2D eigenvalue weighted by atomic mass is 9.84. The molecule has 40 heavy (non-hydrogen) atoms. The third-order valence-electron chi connectivity index (χ3n) is 8.35. The maximum Gasteiger partial charge on any atom is 0.143 e. The molecule has 0 radical (unpaired) electrons. The second-order valence-electron chi connectivity index (χ2n) is 10.4. The zero-order chi connectivity index (χ0) is 26.2. The van der Waals surface area contributed by atoms with Crippen molar-refractivity contribution in [2.75, 3.05) is 0 Å². The lowest BCUT2D eigenvalue weighted by molar-refractivity contribution is 0.615. The molecule has 0 atom stereocenters. The van der Waals surface area contributed by atoms with Gasteiger partial charge in [0.15, 0.2) is 0 Å². The first-order chi connectivity index (χ1) is 19.9. The molecule has 2 aromatic heterocycles. The first-order valence-electron chi connectivity index (χ1n) is 13.6. The number of furan rings is 2. The van der Waals surface area contributed by atoms with Gasteiger partial charge in [-0.15, -0.1) is 0 Å². The zero-order valence-corrected chi connectivity index (χ0v) is 21.5. The predicted molar refractivity (Wildman–Crippen MR) is 167 cm³/mol. The summed E-state index contributed by atoms with van der Waals surface area (Å²) in [7, 11) is 0. The third kappa shape index (κ3) is 2.88. The second kappa shape index (κ2) is 8.08. The summed E-state index contributed by atoms with van der Waals surface area (Å²) in [5.41, 5.74) is 7.46. The van der Waals surface area contributed by atoms with Gasteiger partial charge in [0, 0.05) is 27.3 Å². The Kier molecular flexibility index (Phi) is 4.36. The Morgan fingerprint density at radius 1 is 0.375 bits per heavy atom. The SMILES string of the molecule is c1ccc2c(-c3c4ccccc4c(-c4cccc5c4oc4ccc6occc6c45)c4ccccc34)cccc2c1. The average molecular weight is 511 g/mol. The molecule has 0 bridgehead atoms. The van der Waals surface area contributed by atoms with Gasteiger partial charge in [-0.25, -0.2) is 0 Å². The topological polar surface area (TPSA) is 26.3 Å². The van der Waals surface area contributed by atoms with Crippen molar-refractivity contribution < 1.29 is 8.83 Å². The Labute approximate surface area is 229 Å². The van der Waals surface area contributed by atoms with Gasteiger partial charge in [-0.1, -0.05) is 109 Å². The lowest BCUT2D eigenvalue weighted by Gasteiger charge is -2.18. The molecule has 2 heteroatoms. The first-order valence-corrected chi connectivity index (χ1v) is 13.6. The fourth-order valence-corrected chi connectivity index (χ4v) is 6.69. The highest BCUT2D eigenvalue weighted by atomic mass is 16.3. The molecule has 2 nitrogen and oxygen atoms in total. The molecule has 0 aliphatic heterocycles. The zero-order valence-electron chi connectivity index (χ0n) is 21.5. The van der Waals surface area contributed by atoms with E-state index >= 15 is 0 Å². The van der Waals surface area contributed by atoms with Crippen LogP contribution in [0.3, 0.4) is 0 Å². The maximum absolute atomic E-state index is 6.64. The molecule has 0 spiro atoms. The fourth-order valence-electron chi connectivity index (χ4n) is 6.69. The van der Waals surface area contributed by atoms with Crippen molar-refractivity contribution in [1.82, 2.24) is 0 Å². The van der Waals surface area contributed by atoms with Crippen LogP contribution in [0.1, 0.15) is 0 Å². The van der Waals surface area contributed by atoms with E-state index in [1.807, 2.05) is 18.2 Å². The van der Waals surface area contributed by atoms with Gasteiger partial charge in [0.25, 0.3) is 0 Å². The molecule has 0 saturated carbocycles. The number of hydrogen-bond donors (Lipinski definition) is 0. The predicted octanol–water partition coefficient (Wildman–Crippen LogP) is 11.1. The van der Waals surface area contributed by atoms with Crippen LogP contribution in [0.25, 0.3) is 87.5 Å². The fraction of sp³-hybridized carbons (Fsp3) is 0. The summed E-state index contributed by atoms with van der Waals surface area (Å²) in [6, 6.07) is 45.4. The van der Waals surface area contributed by atoms with Crippen molar-refractivity contribution in [2.24, 2.45) is 0 Å². The molecule has 0 amide bonds. The van der Waals surface area contributed by atoms with E-state index < -0.39 is 0 Å². The van der Waals surface area contributed by atoms with Crippen LogP contribution in [-0.2, 0) is 0 Å². The van der Waals surface area contributed by atoms with Gasteiger partial charge in [-0.2, -0.15) is 0 Å². The van der Waals surface area contributed by atoms with Crippen molar-refractivity contribution in [3.05, 3.63) is 134 Å². The number of hydrogen-bond acceptors (Lipinski definition) is 2. The van der Waals surface area contributed by atoms with Crippen LogP contribution in [0.4, 0.5) is 0 Å². The van der Waals surface area contributed by atoms with Gasteiger partial charge in [0.05, 0.1) is 6.26 Å². The Morgan fingerprint density at radius 3 is 1.68 bits per heavy atom. The molecule has 0 saturated heterocycles. The van der Waals surface area contributed by atoms with E-state index in [2.05, 4.69) is 109 Å². The van der Waals surface area contributed by atoms with Crippen LogP contribution >= 0.6 is 0 Å². The maximum atomic E-state index is 6.64. The van der Waals surface area contributed by atoms with Crippen LogP contribution in [0.5, 0.6) is 0 Å². The number of benzene rings is 7. The van der Waals surface area contributed by atoms with Crippen LogP contribution in [0, 0.1) is 0 Å². The minimum Gasteiger partial charge on any atom is -0.464 e. The molecule has 7 aromatic carbocycles. The Hall–Kier alpha value is -5.34. The van der Waals surface area contributed by atoms with Gasteiger partial charge in [0.1, 0.15) is 16.7 Å². The number of fused-ring (bicyclic) bond motifs is 8. The average Bonchev–Trinajstić information content (AvgIpc) is 3.64. The Balaban J connectivity index is 1.46. The van der Waals surface area contributed by atoms with E-state index in [9.17, 15) is 0 Å². The largest absolute Gasteiger partial charge is 0.464 e. The van der Waals surface area contributed by atoms with Gasteiger partial charge in [0.2, 0.25) is 0 Å². The van der Waals surface area contributed by atoms with Crippen molar-refractivity contribution in [3.63, 3.8) is 0 Å². The van der Waals surface area contributed by atoms with Crippen molar-refractivity contribution >= 4 is 65.2 Å². The lowest BCUT2D eigenvalue weighted by Crippen LogP contribution is -1.91. The van der Waals surface area contributed by atoms with Crippen LogP contribution in [-0.4, -0.2) is 0 Å². The standard InChI is InChI=1S/C38H22O2/c1-2-11-24-23(9-1)10-7-16-25(24)35-26-12-3-5-14-28(26)36(29-15-6-4-13-27(29)35)31-17-8-18-32-37-30-21-22-39-33(30)19-20-34(37)40-38(31)32/h1-22H. The normalized spacial score (nSPS) is 12.0.